The molecule has 0 aliphatic heterocycles. The van der Waals surface area contributed by atoms with E-state index < -0.39 is 0 Å². The molecule has 0 saturated heterocycles. The van der Waals surface area contributed by atoms with Gasteiger partial charge >= 0.3 is 5.97 Å². The number of ether oxygens (including phenoxy) is 1. The Morgan fingerprint density at radius 3 is 2.57 bits per heavy atom. The Labute approximate surface area is 174 Å². The van der Waals surface area contributed by atoms with E-state index in [4.69, 9.17) is 4.74 Å². The maximum absolute atomic E-state index is 12.1. The molecule has 2 nitrogen and oxygen atoms in total. The molecule has 3 aromatic carbocycles. The van der Waals surface area contributed by atoms with Crippen molar-refractivity contribution < 1.29 is 9.53 Å². The second-order valence-electron chi connectivity index (χ2n) is 7.47. The number of hydrogen-bond donors (Lipinski definition) is 0. The fraction of sp³-hybridized carbons (Fsp3) is 0.320. The van der Waals surface area contributed by atoms with E-state index in [2.05, 4.69) is 58.4 Å². The number of esters is 1. The lowest BCUT2D eigenvalue weighted by Gasteiger charge is -2.10. The third kappa shape index (κ3) is 4.15. The van der Waals surface area contributed by atoms with Crippen molar-refractivity contribution in [2.24, 2.45) is 0 Å². The van der Waals surface area contributed by atoms with Crippen LogP contribution < -0.4 is 4.74 Å². The smallest absolute Gasteiger partial charge is 0.311 e. The number of benzene rings is 3. The van der Waals surface area contributed by atoms with Crippen LogP contribution in [0, 0.1) is 0 Å². The Bertz CT molecular complexity index is 1040. The van der Waals surface area contributed by atoms with Crippen LogP contribution in [0.4, 0.5) is 0 Å². The highest BCUT2D eigenvalue weighted by atomic mass is 79.9. The molecule has 0 fully saturated rings. The van der Waals surface area contributed by atoms with Crippen molar-refractivity contribution in [2.45, 2.75) is 44.9 Å². The Hall–Kier alpha value is -2.13. The third-order valence-corrected chi connectivity index (χ3v) is 6.05. The Kier molecular flexibility index (Phi) is 6.11. The van der Waals surface area contributed by atoms with Gasteiger partial charge in [0.05, 0.1) is 0 Å². The van der Waals surface area contributed by atoms with Gasteiger partial charge < -0.3 is 4.74 Å². The van der Waals surface area contributed by atoms with Crippen LogP contribution in [0.3, 0.4) is 0 Å². The largest absolute Gasteiger partial charge is 0.427 e. The van der Waals surface area contributed by atoms with E-state index >= 15 is 0 Å². The number of fused-ring (bicyclic) bond motifs is 5. The Morgan fingerprint density at radius 1 is 0.893 bits per heavy atom. The highest BCUT2D eigenvalue weighted by Gasteiger charge is 2.12. The van der Waals surface area contributed by atoms with Gasteiger partial charge in [0.15, 0.2) is 0 Å². The summed E-state index contributed by atoms with van der Waals surface area (Å²) in [5, 5.41) is 5.92. The molecular formula is C25H25BrO2. The van der Waals surface area contributed by atoms with Crippen molar-refractivity contribution in [3.05, 3.63) is 59.7 Å². The number of carbonyl (C=O) groups is 1. The number of halogens is 1. The summed E-state index contributed by atoms with van der Waals surface area (Å²) < 4.78 is 5.58. The third-order valence-electron chi connectivity index (χ3n) is 5.49. The first-order chi connectivity index (χ1) is 13.8. The van der Waals surface area contributed by atoms with Gasteiger partial charge in [0.25, 0.3) is 0 Å². The standard InChI is InChI=1S/C25H25BrO2/c26-16-5-3-1-2-4-9-25(27)28-20-12-15-22-19(17-20)11-14-23-21-8-6-7-18(21)10-13-24(22)23/h6,8,10-15,17H,1-5,7,9,16H2. The molecular weight excluding hydrogens is 412 g/mol. The second kappa shape index (κ2) is 8.91. The van der Waals surface area contributed by atoms with E-state index in [0.717, 1.165) is 30.0 Å². The van der Waals surface area contributed by atoms with Crippen molar-refractivity contribution in [1.29, 1.82) is 0 Å². The Balaban J connectivity index is 1.45. The Morgan fingerprint density at radius 2 is 1.68 bits per heavy atom. The fourth-order valence-corrected chi connectivity index (χ4v) is 4.41. The lowest BCUT2D eigenvalue weighted by Crippen LogP contribution is -2.07. The van der Waals surface area contributed by atoms with Crippen molar-refractivity contribution in [3.63, 3.8) is 0 Å². The topological polar surface area (TPSA) is 26.3 Å². The highest BCUT2D eigenvalue weighted by molar-refractivity contribution is 9.09. The lowest BCUT2D eigenvalue weighted by atomic mass is 9.96. The van der Waals surface area contributed by atoms with Gasteiger partial charge in [-0.3, -0.25) is 4.79 Å². The lowest BCUT2D eigenvalue weighted by molar-refractivity contribution is -0.134. The quantitative estimate of drug-likeness (QED) is 0.122. The van der Waals surface area contributed by atoms with Gasteiger partial charge in [-0.15, -0.1) is 0 Å². The van der Waals surface area contributed by atoms with Gasteiger partial charge in [0.2, 0.25) is 0 Å². The summed E-state index contributed by atoms with van der Waals surface area (Å²) in [4.78, 5) is 12.1. The van der Waals surface area contributed by atoms with E-state index in [1.165, 1.54) is 46.5 Å². The molecule has 0 radical (unpaired) electrons. The summed E-state index contributed by atoms with van der Waals surface area (Å²) in [6.45, 7) is 0. The van der Waals surface area contributed by atoms with E-state index in [0.29, 0.717) is 12.2 Å². The van der Waals surface area contributed by atoms with Gasteiger partial charge in [0, 0.05) is 11.8 Å². The number of rotatable bonds is 8. The SMILES string of the molecule is O=C(CCCCCCCBr)Oc1ccc2c(ccc3c4c(ccc32)CC=C4)c1. The number of unbranched alkanes of at least 4 members (excludes halogenated alkanes) is 4. The second-order valence-corrected chi connectivity index (χ2v) is 8.26. The predicted molar refractivity (Wildman–Crippen MR) is 121 cm³/mol. The molecule has 4 rings (SSSR count). The van der Waals surface area contributed by atoms with Crippen LogP contribution in [-0.2, 0) is 11.2 Å². The molecule has 0 amide bonds. The minimum Gasteiger partial charge on any atom is -0.427 e. The molecule has 0 aromatic heterocycles. The van der Waals surface area contributed by atoms with Gasteiger partial charge in [0.1, 0.15) is 5.75 Å². The summed E-state index contributed by atoms with van der Waals surface area (Å²) in [6, 6.07) is 14.7. The monoisotopic (exact) mass is 436 g/mol. The molecule has 28 heavy (non-hydrogen) atoms. The van der Waals surface area contributed by atoms with E-state index in [1.807, 2.05) is 12.1 Å². The van der Waals surface area contributed by atoms with Gasteiger partial charge in [-0.25, -0.2) is 0 Å². The zero-order chi connectivity index (χ0) is 19.3. The molecule has 0 heterocycles. The molecule has 3 aromatic rings. The minimum atomic E-state index is -0.136. The molecule has 0 N–H and O–H groups in total. The molecule has 1 aliphatic carbocycles. The average molecular weight is 437 g/mol. The fourth-order valence-electron chi connectivity index (χ4n) is 4.01. The highest BCUT2D eigenvalue weighted by Crippen LogP contribution is 2.34. The number of hydrogen-bond acceptors (Lipinski definition) is 2. The van der Waals surface area contributed by atoms with Crippen LogP contribution in [0.2, 0.25) is 0 Å². The van der Waals surface area contributed by atoms with Crippen molar-refractivity contribution in [1.82, 2.24) is 0 Å². The summed E-state index contributed by atoms with van der Waals surface area (Å²) >= 11 is 3.45. The van der Waals surface area contributed by atoms with Gasteiger partial charge in [-0.05, 0) is 64.1 Å². The molecule has 0 bridgehead atoms. The molecule has 0 saturated carbocycles. The predicted octanol–water partition coefficient (Wildman–Crippen LogP) is 7.20. The van der Waals surface area contributed by atoms with Crippen molar-refractivity contribution in [3.8, 4) is 5.75 Å². The minimum absolute atomic E-state index is 0.136. The maximum Gasteiger partial charge on any atom is 0.311 e. The van der Waals surface area contributed by atoms with E-state index in [1.54, 1.807) is 0 Å². The van der Waals surface area contributed by atoms with Gasteiger partial charge in [-0.2, -0.15) is 0 Å². The summed E-state index contributed by atoms with van der Waals surface area (Å²) in [7, 11) is 0. The van der Waals surface area contributed by atoms with E-state index in [-0.39, 0.29) is 5.97 Å². The van der Waals surface area contributed by atoms with Crippen LogP contribution >= 0.6 is 15.9 Å². The number of alkyl halides is 1. The summed E-state index contributed by atoms with van der Waals surface area (Å²) in [6.07, 6.45) is 11.5. The first kappa shape index (κ1) is 19.2. The number of allylic oxidation sites excluding steroid dienone is 1. The molecule has 0 atom stereocenters. The first-order valence-electron chi connectivity index (χ1n) is 10.2. The van der Waals surface area contributed by atoms with Gasteiger partial charge in [-0.1, -0.05) is 77.7 Å². The van der Waals surface area contributed by atoms with Crippen LogP contribution in [0.25, 0.3) is 27.6 Å². The maximum atomic E-state index is 12.1. The van der Waals surface area contributed by atoms with Crippen LogP contribution in [0.5, 0.6) is 5.75 Å². The van der Waals surface area contributed by atoms with Crippen LogP contribution in [-0.4, -0.2) is 11.3 Å². The molecule has 0 unspecified atom stereocenters. The first-order valence-corrected chi connectivity index (χ1v) is 11.3. The van der Waals surface area contributed by atoms with Crippen molar-refractivity contribution in [2.75, 3.05) is 5.33 Å². The zero-order valence-corrected chi connectivity index (χ0v) is 17.6. The van der Waals surface area contributed by atoms with Crippen LogP contribution in [0.1, 0.15) is 49.7 Å². The average Bonchev–Trinajstić information content (AvgIpc) is 3.19. The zero-order valence-electron chi connectivity index (χ0n) is 16.0. The molecule has 3 heteroatoms. The molecule has 144 valence electrons. The van der Waals surface area contributed by atoms with E-state index in [9.17, 15) is 4.79 Å². The molecule has 1 aliphatic rings. The van der Waals surface area contributed by atoms with Crippen molar-refractivity contribution >= 4 is 49.5 Å². The normalized spacial score (nSPS) is 12.6. The number of carbonyl (C=O) groups excluding carboxylic acids is 1. The van der Waals surface area contributed by atoms with Crippen LogP contribution in [0.15, 0.2) is 48.5 Å². The molecule has 0 spiro atoms. The summed E-state index contributed by atoms with van der Waals surface area (Å²) in [5.41, 5.74) is 2.73. The summed E-state index contributed by atoms with van der Waals surface area (Å²) in [5.74, 6) is 0.501.